The SMILES string of the molecule is Cc1cccc2c(C(=O)OC(C)C(=O)c3cccc(Cl)c3)cc(-c3ccc(N4C(=O)C5C6C=CC(C6)C5C4=O)cc3)nc12. The van der Waals surface area contributed by atoms with Crippen molar-refractivity contribution in [3.8, 4) is 11.3 Å². The molecule has 1 saturated carbocycles. The van der Waals surface area contributed by atoms with Crippen LogP contribution in [0.3, 0.4) is 0 Å². The Balaban J connectivity index is 1.19. The van der Waals surface area contributed by atoms with E-state index in [1.54, 1.807) is 54.6 Å². The first-order chi connectivity index (χ1) is 20.7. The van der Waals surface area contributed by atoms with Crippen molar-refractivity contribution >= 4 is 51.8 Å². The monoisotopic (exact) mass is 590 g/mol. The molecule has 43 heavy (non-hydrogen) atoms. The van der Waals surface area contributed by atoms with Crippen LogP contribution in [-0.2, 0) is 14.3 Å². The summed E-state index contributed by atoms with van der Waals surface area (Å²) >= 11 is 6.04. The molecule has 2 amide bonds. The van der Waals surface area contributed by atoms with Gasteiger partial charge in [-0.2, -0.15) is 0 Å². The Labute approximate surface area is 253 Å². The van der Waals surface area contributed by atoms with Crippen LogP contribution in [0.15, 0.2) is 84.9 Å². The Hall–Kier alpha value is -4.62. The number of halogens is 1. The van der Waals surface area contributed by atoms with E-state index in [1.807, 2.05) is 19.1 Å². The highest BCUT2D eigenvalue weighted by molar-refractivity contribution is 6.31. The van der Waals surface area contributed by atoms with E-state index in [0.717, 1.165) is 12.0 Å². The number of ether oxygens (including phenoxy) is 1. The number of allylic oxidation sites excluding steroid dienone is 2. The third kappa shape index (κ3) is 4.46. The molecule has 4 aromatic rings. The molecule has 5 unspecified atom stereocenters. The molecule has 2 bridgehead atoms. The lowest BCUT2D eigenvalue weighted by molar-refractivity contribution is -0.123. The largest absolute Gasteiger partial charge is 0.451 e. The Kier molecular flexibility index (Phi) is 6.51. The number of amides is 2. The summed E-state index contributed by atoms with van der Waals surface area (Å²) in [5, 5.41) is 1.02. The molecular formula is C35H27ClN2O5. The number of benzene rings is 3. The first-order valence-electron chi connectivity index (χ1n) is 14.3. The average Bonchev–Trinajstić information content (AvgIpc) is 3.70. The molecule has 2 fully saturated rings. The zero-order chi connectivity index (χ0) is 30.0. The molecule has 1 saturated heterocycles. The summed E-state index contributed by atoms with van der Waals surface area (Å²) in [5.74, 6) is -1.54. The Morgan fingerprint density at radius 2 is 1.60 bits per heavy atom. The number of ketones is 1. The number of rotatable bonds is 6. The fourth-order valence-corrected chi connectivity index (χ4v) is 6.99. The van der Waals surface area contributed by atoms with Gasteiger partial charge in [-0.25, -0.2) is 9.78 Å². The molecular weight excluding hydrogens is 564 g/mol. The normalized spacial score (nSPS) is 22.7. The standard InChI is InChI=1S/C35H27ClN2O5/c1-18-5-3-8-26-27(35(42)43-19(2)32(39)23-6-4-7-24(36)16-23)17-28(37-31(18)26)20-11-13-25(14-12-20)38-33(40)29-21-9-10-22(15-21)30(29)34(38)41/h3-14,16-17,19,21-22,29-30H,15H2,1-2H3. The van der Waals surface area contributed by atoms with Gasteiger partial charge in [0.05, 0.1) is 34.3 Å². The number of fused-ring (bicyclic) bond motifs is 6. The molecule has 1 aromatic heterocycles. The van der Waals surface area contributed by atoms with E-state index in [-0.39, 0.29) is 46.8 Å². The lowest BCUT2D eigenvalue weighted by Crippen LogP contribution is -2.32. The van der Waals surface area contributed by atoms with Crippen molar-refractivity contribution in [3.05, 3.63) is 107 Å². The number of hydrogen-bond donors (Lipinski definition) is 0. The van der Waals surface area contributed by atoms with E-state index in [2.05, 4.69) is 12.2 Å². The Morgan fingerprint density at radius 1 is 0.930 bits per heavy atom. The summed E-state index contributed by atoms with van der Waals surface area (Å²) in [6.45, 7) is 3.44. The minimum atomic E-state index is -1.04. The first kappa shape index (κ1) is 27.2. The van der Waals surface area contributed by atoms with Crippen LogP contribution in [0.1, 0.15) is 39.6 Å². The zero-order valence-corrected chi connectivity index (χ0v) is 24.2. The summed E-state index contributed by atoms with van der Waals surface area (Å²) < 4.78 is 5.65. The summed E-state index contributed by atoms with van der Waals surface area (Å²) in [7, 11) is 0. The number of anilines is 1. The fourth-order valence-electron chi connectivity index (χ4n) is 6.80. The Bertz CT molecular complexity index is 1850. The van der Waals surface area contributed by atoms with Crippen molar-refractivity contribution in [2.75, 3.05) is 4.90 Å². The van der Waals surface area contributed by atoms with Gasteiger partial charge in [0.15, 0.2) is 6.10 Å². The molecule has 3 aliphatic rings. The highest BCUT2D eigenvalue weighted by atomic mass is 35.5. The third-order valence-corrected chi connectivity index (χ3v) is 9.15. The quantitative estimate of drug-likeness (QED) is 0.109. The summed E-state index contributed by atoms with van der Waals surface area (Å²) in [6, 6.07) is 20.8. The van der Waals surface area contributed by atoms with Crippen molar-refractivity contribution in [2.45, 2.75) is 26.4 Å². The van der Waals surface area contributed by atoms with Crippen LogP contribution in [0.25, 0.3) is 22.2 Å². The average molecular weight is 591 g/mol. The fraction of sp³-hybridized carbons (Fsp3) is 0.229. The minimum absolute atomic E-state index is 0.134. The van der Waals surface area contributed by atoms with E-state index >= 15 is 0 Å². The molecule has 2 aliphatic carbocycles. The molecule has 8 heteroatoms. The smallest absolute Gasteiger partial charge is 0.339 e. The number of carbonyl (C=O) groups is 4. The van der Waals surface area contributed by atoms with Gasteiger partial charge in [-0.1, -0.05) is 66.2 Å². The highest BCUT2D eigenvalue weighted by Crippen LogP contribution is 2.53. The number of Topliss-reactive ketones (excluding diaryl/α,β-unsaturated/α-hetero) is 1. The zero-order valence-electron chi connectivity index (χ0n) is 23.5. The molecule has 1 aliphatic heterocycles. The van der Waals surface area contributed by atoms with Crippen molar-refractivity contribution in [1.82, 2.24) is 4.98 Å². The van der Waals surface area contributed by atoms with Crippen LogP contribution in [0, 0.1) is 30.6 Å². The molecule has 214 valence electrons. The van der Waals surface area contributed by atoms with Gasteiger partial charge in [0.2, 0.25) is 17.6 Å². The third-order valence-electron chi connectivity index (χ3n) is 8.91. The van der Waals surface area contributed by atoms with Crippen molar-refractivity contribution < 1.29 is 23.9 Å². The number of aromatic nitrogens is 1. The number of esters is 1. The van der Waals surface area contributed by atoms with Gasteiger partial charge in [0.25, 0.3) is 0 Å². The first-order valence-corrected chi connectivity index (χ1v) is 14.7. The van der Waals surface area contributed by atoms with Gasteiger partial charge < -0.3 is 4.74 Å². The molecule has 0 spiro atoms. The van der Waals surface area contributed by atoms with Crippen LogP contribution in [-0.4, -0.2) is 34.7 Å². The maximum atomic E-state index is 13.5. The molecule has 2 heterocycles. The van der Waals surface area contributed by atoms with Gasteiger partial charge in [0.1, 0.15) is 0 Å². The number of nitrogens with zero attached hydrogens (tertiary/aromatic N) is 2. The minimum Gasteiger partial charge on any atom is -0.451 e. The molecule has 5 atom stereocenters. The number of pyridine rings is 1. The van der Waals surface area contributed by atoms with Crippen LogP contribution >= 0.6 is 11.6 Å². The lowest BCUT2D eigenvalue weighted by atomic mass is 9.85. The summed E-state index contributed by atoms with van der Waals surface area (Å²) in [5.41, 5.74) is 3.88. The van der Waals surface area contributed by atoms with Crippen LogP contribution < -0.4 is 4.90 Å². The van der Waals surface area contributed by atoms with E-state index in [0.29, 0.717) is 38.4 Å². The van der Waals surface area contributed by atoms with E-state index in [4.69, 9.17) is 21.3 Å². The number of imide groups is 1. The summed E-state index contributed by atoms with van der Waals surface area (Å²) in [6.07, 6.45) is 3.99. The topological polar surface area (TPSA) is 93.6 Å². The highest BCUT2D eigenvalue weighted by Gasteiger charge is 2.59. The van der Waals surface area contributed by atoms with Crippen molar-refractivity contribution in [2.24, 2.45) is 23.7 Å². The number of carbonyl (C=O) groups excluding carboxylic acids is 4. The van der Waals surface area contributed by atoms with Crippen molar-refractivity contribution in [1.29, 1.82) is 0 Å². The van der Waals surface area contributed by atoms with Gasteiger partial charge >= 0.3 is 5.97 Å². The van der Waals surface area contributed by atoms with E-state index in [9.17, 15) is 19.2 Å². The predicted molar refractivity (Wildman–Crippen MR) is 163 cm³/mol. The molecule has 0 radical (unpaired) electrons. The van der Waals surface area contributed by atoms with Crippen LogP contribution in [0.4, 0.5) is 5.69 Å². The number of para-hydroxylation sites is 1. The van der Waals surface area contributed by atoms with Crippen LogP contribution in [0.2, 0.25) is 5.02 Å². The molecule has 7 rings (SSSR count). The maximum absolute atomic E-state index is 13.5. The summed E-state index contributed by atoms with van der Waals surface area (Å²) in [4.78, 5) is 59.2. The second kappa shape index (κ2) is 10.3. The number of aryl methyl sites for hydroxylation is 1. The van der Waals surface area contributed by atoms with Gasteiger partial charge in [-0.3, -0.25) is 19.3 Å². The predicted octanol–water partition coefficient (Wildman–Crippen LogP) is 6.60. The maximum Gasteiger partial charge on any atom is 0.339 e. The second-order valence-corrected chi connectivity index (χ2v) is 11.9. The Morgan fingerprint density at radius 3 is 2.28 bits per heavy atom. The molecule has 0 N–H and O–H groups in total. The van der Waals surface area contributed by atoms with Crippen LogP contribution in [0.5, 0.6) is 0 Å². The van der Waals surface area contributed by atoms with E-state index in [1.165, 1.54) is 17.9 Å². The van der Waals surface area contributed by atoms with Gasteiger partial charge in [-0.05, 0) is 68.0 Å². The van der Waals surface area contributed by atoms with E-state index < -0.39 is 12.1 Å². The number of hydrogen-bond acceptors (Lipinski definition) is 6. The lowest BCUT2D eigenvalue weighted by Gasteiger charge is -2.18. The van der Waals surface area contributed by atoms with Gasteiger partial charge in [0, 0.05) is 21.5 Å². The van der Waals surface area contributed by atoms with Crippen molar-refractivity contribution in [3.63, 3.8) is 0 Å². The van der Waals surface area contributed by atoms with Gasteiger partial charge in [-0.15, -0.1) is 0 Å². The second-order valence-electron chi connectivity index (χ2n) is 11.5. The molecule has 3 aromatic carbocycles. The molecule has 7 nitrogen and oxygen atoms in total.